The van der Waals surface area contributed by atoms with Gasteiger partial charge in [0, 0.05) is 46.2 Å². The van der Waals surface area contributed by atoms with Crippen molar-refractivity contribution in [1.82, 2.24) is 19.6 Å². The highest BCUT2D eigenvalue weighted by molar-refractivity contribution is 5.80. The summed E-state index contributed by atoms with van der Waals surface area (Å²) in [4.78, 5) is 31.1. The second-order valence-electron chi connectivity index (χ2n) is 5.48. The van der Waals surface area contributed by atoms with Crippen LogP contribution in [0, 0.1) is 5.92 Å². The molecule has 0 aromatic carbocycles. The van der Waals surface area contributed by atoms with Crippen molar-refractivity contribution in [3.05, 3.63) is 0 Å². The highest BCUT2D eigenvalue weighted by atomic mass is 16.2. The molecule has 102 valence electrons. The summed E-state index contributed by atoms with van der Waals surface area (Å²) in [5.41, 5.74) is 0. The molecule has 6 nitrogen and oxygen atoms in total. The van der Waals surface area contributed by atoms with Gasteiger partial charge in [-0.05, 0) is 13.8 Å². The first-order valence-corrected chi connectivity index (χ1v) is 6.28. The largest absolute Gasteiger partial charge is 0.324 e. The highest BCUT2D eigenvalue weighted by Crippen LogP contribution is 2.35. The van der Waals surface area contributed by atoms with Crippen LogP contribution in [0.25, 0.3) is 0 Å². The normalized spacial score (nSPS) is 37.2. The Bertz CT molecular complexity index is 352. The average molecular weight is 254 g/mol. The molecule has 4 amide bonds. The monoisotopic (exact) mass is 254 g/mol. The molecule has 18 heavy (non-hydrogen) atoms. The van der Waals surface area contributed by atoms with E-state index >= 15 is 0 Å². The Morgan fingerprint density at radius 3 is 1.39 bits per heavy atom. The summed E-state index contributed by atoms with van der Waals surface area (Å²) in [6.07, 6.45) is -0.151. The number of hydrogen-bond donors (Lipinski definition) is 0. The van der Waals surface area contributed by atoms with Crippen LogP contribution in [0.15, 0.2) is 0 Å². The minimum absolute atomic E-state index is 0.0276. The van der Waals surface area contributed by atoms with Crippen LogP contribution in [0.4, 0.5) is 9.59 Å². The van der Waals surface area contributed by atoms with E-state index in [1.807, 2.05) is 14.1 Å². The van der Waals surface area contributed by atoms with Crippen LogP contribution in [-0.2, 0) is 0 Å². The van der Waals surface area contributed by atoms with Gasteiger partial charge in [0.2, 0.25) is 0 Å². The van der Waals surface area contributed by atoms with Crippen molar-refractivity contribution < 1.29 is 9.59 Å². The first kappa shape index (κ1) is 13.0. The smallest absolute Gasteiger partial charge is 0.321 e. The second-order valence-corrected chi connectivity index (χ2v) is 5.48. The van der Waals surface area contributed by atoms with Gasteiger partial charge in [0.15, 0.2) is 0 Å². The number of hydrogen-bond acceptors (Lipinski definition) is 2. The number of rotatable bonds is 0. The van der Waals surface area contributed by atoms with Crippen LogP contribution in [-0.4, -0.2) is 78.1 Å². The van der Waals surface area contributed by atoms with E-state index in [0.717, 1.165) is 0 Å². The zero-order valence-corrected chi connectivity index (χ0v) is 11.9. The van der Waals surface area contributed by atoms with Gasteiger partial charge in [-0.2, -0.15) is 0 Å². The van der Waals surface area contributed by atoms with Crippen molar-refractivity contribution in [1.29, 1.82) is 0 Å². The van der Waals surface area contributed by atoms with Crippen molar-refractivity contribution in [3.8, 4) is 0 Å². The van der Waals surface area contributed by atoms with Gasteiger partial charge < -0.3 is 19.6 Å². The quantitative estimate of drug-likeness (QED) is 0.639. The molecule has 0 aromatic heterocycles. The molecular weight excluding hydrogens is 232 g/mol. The van der Waals surface area contributed by atoms with E-state index in [1.165, 1.54) is 0 Å². The minimum atomic E-state index is -0.151. The first-order chi connectivity index (χ1) is 8.29. The molecule has 0 N–H and O–H groups in total. The Hall–Kier alpha value is -1.46. The zero-order chi connectivity index (χ0) is 13.8. The predicted octanol–water partition coefficient (Wildman–Crippen LogP) is 0.700. The van der Waals surface area contributed by atoms with E-state index in [9.17, 15) is 9.59 Å². The van der Waals surface area contributed by atoms with E-state index in [0.29, 0.717) is 0 Å². The molecule has 6 heteroatoms. The first-order valence-electron chi connectivity index (χ1n) is 6.28. The SMILES string of the molecule is C[C@H]1C2C(N(C)C(=O)N1C)N(C)C(=O)N(C)[C@H]2C. The third-order valence-corrected chi connectivity index (χ3v) is 4.68. The van der Waals surface area contributed by atoms with Gasteiger partial charge >= 0.3 is 12.1 Å². The lowest BCUT2D eigenvalue weighted by atomic mass is 9.84. The molecule has 0 spiro atoms. The van der Waals surface area contributed by atoms with Crippen LogP contribution in [0.3, 0.4) is 0 Å². The molecular formula is C12H22N4O2. The molecule has 2 heterocycles. The molecule has 2 fully saturated rings. The Kier molecular flexibility index (Phi) is 2.91. The number of fused-ring (bicyclic) bond motifs is 1. The highest BCUT2D eigenvalue weighted by Gasteiger charge is 2.52. The molecule has 0 aliphatic carbocycles. The Balaban J connectivity index is 2.42. The molecule has 0 bridgehead atoms. The lowest BCUT2D eigenvalue weighted by Gasteiger charge is -2.57. The van der Waals surface area contributed by atoms with Crippen LogP contribution in [0.1, 0.15) is 13.8 Å². The maximum Gasteiger partial charge on any atom is 0.321 e. The fourth-order valence-electron chi connectivity index (χ4n) is 3.27. The van der Waals surface area contributed by atoms with Crippen molar-refractivity contribution in [2.75, 3.05) is 28.2 Å². The Labute approximate surface area is 108 Å². The van der Waals surface area contributed by atoms with Gasteiger partial charge in [0.1, 0.15) is 6.17 Å². The summed E-state index contributed by atoms with van der Waals surface area (Å²) < 4.78 is 0. The van der Waals surface area contributed by atoms with E-state index in [-0.39, 0.29) is 36.2 Å². The van der Waals surface area contributed by atoms with Crippen molar-refractivity contribution in [2.45, 2.75) is 32.1 Å². The van der Waals surface area contributed by atoms with Gasteiger partial charge in [0.25, 0.3) is 0 Å². The zero-order valence-electron chi connectivity index (χ0n) is 11.9. The van der Waals surface area contributed by atoms with Crippen LogP contribution in [0.2, 0.25) is 0 Å². The van der Waals surface area contributed by atoms with Gasteiger partial charge in [-0.25, -0.2) is 9.59 Å². The van der Waals surface area contributed by atoms with Gasteiger partial charge in [-0.3, -0.25) is 0 Å². The molecule has 0 aromatic rings. The van der Waals surface area contributed by atoms with Crippen molar-refractivity contribution >= 4 is 12.1 Å². The molecule has 2 rings (SSSR count). The van der Waals surface area contributed by atoms with Crippen LogP contribution < -0.4 is 0 Å². The molecule has 0 unspecified atom stereocenters. The number of urea groups is 2. The summed E-state index contributed by atoms with van der Waals surface area (Å²) in [5, 5.41) is 0. The lowest BCUT2D eigenvalue weighted by molar-refractivity contribution is -0.0597. The fourth-order valence-corrected chi connectivity index (χ4v) is 3.27. The van der Waals surface area contributed by atoms with Gasteiger partial charge in [-0.1, -0.05) is 0 Å². The summed E-state index contributed by atoms with van der Waals surface area (Å²) in [5.74, 6) is 0.227. The number of carbonyl (C=O) groups excluding carboxylic acids is 2. The topological polar surface area (TPSA) is 47.1 Å². The molecule has 2 aliphatic rings. The van der Waals surface area contributed by atoms with Gasteiger partial charge in [-0.15, -0.1) is 0 Å². The molecule has 0 saturated carbocycles. The summed E-state index contributed by atoms with van der Waals surface area (Å²) in [7, 11) is 7.18. The molecule has 2 saturated heterocycles. The average Bonchev–Trinajstić information content (AvgIpc) is 2.35. The van der Waals surface area contributed by atoms with E-state index in [4.69, 9.17) is 0 Å². The summed E-state index contributed by atoms with van der Waals surface area (Å²) in [6, 6.07) is 0.179. The van der Waals surface area contributed by atoms with Crippen molar-refractivity contribution in [3.63, 3.8) is 0 Å². The van der Waals surface area contributed by atoms with Crippen molar-refractivity contribution in [2.24, 2.45) is 5.92 Å². The summed E-state index contributed by atoms with van der Waals surface area (Å²) in [6.45, 7) is 4.10. The van der Waals surface area contributed by atoms with Gasteiger partial charge in [0.05, 0.1) is 0 Å². The minimum Gasteiger partial charge on any atom is -0.324 e. The fraction of sp³-hybridized carbons (Fsp3) is 0.833. The molecule has 0 radical (unpaired) electrons. The van der Waals surface area contributed by atoms with E-state index < -0.39 is 0 Å². The molecule has 2 aliphatic heterocycles. The molecule has 2 atom stereocenters. The summed E-state index contributed by atoms with van der Waals surface area (Å²) >= 11 is 0. The predicted molar refractivity (Wildman–Crippen MR) is 68.0 cm³/mol. The van der Waals surface area contributed by atoms with E-state index in [2.05, 4.69) is 13.8 Å². The maximum absolute atomic E-state index is 12.1. The Morgan fingerprint density at radius 1 is 0.722 bits per heavy atom. The lowest BCUT2D eigenvalue weighted by Crippen LogP contribution is -2.73. The van der Waals surface area contributed by atoms with Crippen LogP contribution >= 0.6 is 0 Å². The van der Waals surface area contributed by atoms with Crippen LogP contribution in [0.5, 0.6) is 0 Å². The van der Waals surface area contributed by atoms with E-state index in [1.54, 1.807) is 33.7 Å². The number of amides is 4. The third kappa shape index (κ3) is 1.47. The third-order valence-electron chi connectivity index (χ3n) is 4.68. The number of carbonyl (C=O) groups is 2. The second kappa shape index (κ2) is 4.03. The number of nitrogens with zero attached hydrogens (tertiary/aromatic N) is 4. The Morgan fingerprint density at radius 2 is 1.06 bits per heavy atom. The maximum atomic E-state index is 12.1. The standard InChI is InChI=1S/C12H22N4O2/c1-7-9-8(2)14(4)12(18)16(6)10(9)15(5)11(17)13(7)3/h7-10H,1-6H3/t7-,8-,9?,10?/m0/s1.